The number of hydrogen-bond acceptors (Lipinski definition) is 16. The second-order valence-corrected chi connectivity index (χ2v) is 15.6. The third-order valence-corrected chi connectivity index (χ3v) is 11.7. The minimum absolute atomic E-state index is 0.00689. The van der Waals surface area contributed by atoms with Crippen LogP contribution in [0.2, 0.25) is 0 Å². The molecule has 2 fully saturated rings. The summed E-state index contributed by atoms with van der Waals surface area (Å²) in [5, 5.41) is 22.3. The number of halogens is 1. The van der Waals surface area contributed by atoms with E-state index in [0.717, 1.165) is 25.2 Å². The number of aliphatic hydroxyl groups excluding tert-OH is 2. The SMILES string of the molecule is CC(=O)OC[C@H](F)C1O[C@@H](OP(=O)(O)OP(O)(=S)OC[C@H]2O[C@@H](c3csc(C(N)=O)c3N)[C@@H](O)C2O)C(OC(C)=O)[C@@H](C)[C@@H]1C. The number of carbonyl (C=O) groups is 3. The minimum Gasteiger partial charge on any atom is -0.463 e. The normalized spacial score (nSPS) is 33.5. The van der Waals surface area contributed by atoms with Gasteiger partial charge in [-0.3, -0.25) is 18.9 Å². The fourth-order valence-electron chi connectivity index (χ4n) is 4.76. The van der Waals surface area contributed by atoms with Crippen LogP contribution in [0.1, 0.15) is 49.0 Å². The molecule has 2 saturated heterocycles. The molecule has 8 N–H and O–H groups in total. The number of nitrogens with two attached hydrogens (primary N) is 2. The fourth-order valence-corrected chi connectivity index (χ4v) is 8.72. The molecule has 2 aliphatic rings. The van der Waals surface area contributed by atoms with Crippen LogP contribution in [0.3, 0.4) is 0 Å². The van der Waals surface area contributed by atoms with Gasteiger partial charge in [-0.25, -0.2) is 13.3 Å². The molecule has 1 aromatic heterocycles. The van der Waals surface area contributed by atoms with Gasteiger partial charge in [-0.15, -0.1) is 11.3 Å². The Morgan fingerprint density at radius 1 is 1.13 bits per heavy atom. The van der Waals surface area contributed by atoms with Gasteiger partial charge in [0.1, 0.15) is 35.9 Å². The lowest BCUT2D eigenvalue weighted by Gasteiger charge is -2.44. The van der Waals surface area contributed by atoms with E-state index in [0.29, 0.717) is 0 Å². The Bertz CT molecular complexity index is 1350. The molecular weight excluding hydrogens is 689 g/mol. The van der Waals surface area contributed by atoms with Crippen LogP contribution >= 0.6 is 25.9 Å². The first-order valence-electron chi connectivity index (χ1n) is 13.2. The van der Waals surface area contributed by atoms with Crippen molar-refractivity contribution < 1.29 is 75.6 Å². The Morgan fingerprint density at radius 3 is 2.33 bits per heavy atom. The molecule has 0 aromatic carbocycles. The van der Waals surface area contributed by atoms with Gasteiger partial charge in [0, 0.05) is 25.3 Å². The Morgan fingerprint density at radius 2 is 1.78 bits per heavy atom. The summed E-state index contributed by atoms with van der Waals surface area (Å²) >= 11 is 5.70. The lowest BCUT2D eigenvalue weighted by Crippen LogP contribution is -2.55. The average Bonchev–Trinajstić information content (AvgIpc) is 3.43. The molecule has 0 bridgehead atoms. The van der Waals surface area contributed by atoms with Crippen molar-refractivity contribution in [3.63, 3.8) is 0 Å². The van der Waals surface area contributed by atoms with Crippen LogP contribution in [0.25, 0.3) is 0 Å². The number of ether oxygens (including phenoxy) is 4. The van der Waals surface area contributed by atoms with E-state index in [1.807, 2.05) is 0 Å². The van der Waals surface area contributed by atoms with Crippen molar-refractivity contribution in [3.8, 4) is 0 Å². The first kappa shape index (κ1) is 37.8. The average molecular weight is 725 g/mol. The topological polar surface area (TPSA) is 266 Å². The summed E-state index contributed by atoms with van der Waals surface area (Å²) in [6.07, 6.45) is -12.3. The van der Waals surface area contributed by atoms with Gasteiger partial charge in [0.15, 0.2) is 12.3 Å². The van der Waals surface area contributed by atoms with Crippen molar-refractivity contribution in [2.24, 2.45) is 17.6 Å². The number of aliphatic hydroxyl groups is 2. The summed E-state index contributed by atoms with van der Waals surface area (Å²) in [5.41, 5.74) is 11.3. The third kappa shape index (κ3) is 9.47. The number of phosphoric acid groups is 1. The van der Waals surface area contributed by atoms with E-state index in [9.17, 15) is 43.3 Å². The Labute approximate surface area is 265 Å². The summed E-state index contributed by atoms with van der Waals surface area (Å²) in [4.78, 5) is 55.4. The van der Waals surface area contributed by atoms with E-state index >= 15 is 0 Å². The van der Waals surface area contributed by atoms with Crippen LogP contribution in [0, 0.1) is 11.8 Å². The number of primary amides is 1. The number of anilines is 1. The molecule has 3 heterocycles. The van der Waals surface area contributed by atoms with Gasteiger partial charge in [0.25, 0.3) is 5.91 Å². The highest BCUT2D eigenvalue weighted by Gasteiger charge is 2.51. The predicted molar refractivity (Wildman–Crippen MR) is 155 cm³/mol. The van der Waals surface area contributed by atoms with Gasteiger partial charge in [-0.2, -0.15) is 0 Å². The largest absolute Gasteiger partial charge is 0.481 e. The molecule has 256 valence electrons. The number of hydrogen-bond donors (Lipinski definition) is 6. The molecule has 1 amide bonds. The van der Waals surface area contributed by atoms with Crippen LogP contribution in [0.15, 0.2) is 5.38 Å². The number of esters is 2. The number of amides is 1. The van der Waals surface area contributed by atoms with Gasteiger partial charge >= 0.3 is 26.5 Å². The van der Waals surface area contributed by atoms with E-state index in [1.54, 1.807) is 13.8 Å². The molecule has 0 spiro atoms. The summed E-state index contributed by atoms with van der Waals surface area (Å²) in [6, 6.07) is 0. The van der Waals surface area contributed by atoms with E-state index in [1.165, 1.54) is 5.38 Å². The summed E-state index contributed by atoms with van der Waals surface area (Å²) in [5.74, 6) is -3.78. The van der Waals surface area contributed by atoms with Crippen molar-refractivity contribution in [1.82, 2.24) is 0 Å². The van der Waals surface area contributed by atoms with Crippen LogP contribution in [-0.2, 0) is 58.3 Å². The smallest absolute Gasteiger partial charge is 0.463 e. The monoisotopic (exact) mass is 724 g/mol. The van der Waals surface area contributed by atoms with Crippen molar-refractivity contribution in [1.29, 1.82) is 0 Å². The maximum absolute atomic E-state index is 15.0. The second-order valence-electron chi connectivity index (χ2n) is 10.4. The van der Waals surface area contributed by atoms with Crippen LogP contribution in [0.5, 0.6) is 0 Å². The molecule has 0 radical (unpaired) electrons. The molecule has 3 rings (SSSR count). The molecule has 5 unspecified atom stereocenters. The number of nitrogen functional groups attached to an aromatic ring is 1. The second kappa shape index (κ2) is 15.1. The number of phosphoric ester groups is 1. The van der Waals surface area contributed by atoms with Crippen molar-refractivity contribution in [2.45, 2.75) is 76.8 Å². The number of alkyl halides is 1. The first-order valence-corrected chi connectivity index (χ1v) is 18.2. The first-order chi connectivity index (χ1) is 20.7. The Hall–Kier alpha value is -1.64. The highest BCUT2D eigenvalue weighted by molar-refractivity contribution is 8.08. The lowest BCUT2D eigenvalue weighted by molar-refractivity contribution is -0.262. The zero-order valence-electron chi connectivity index (χ0n) is 24.3. The van der Waals surface area contributed by atoms with E-state index in [-0.39, 0.29) is 16.1 Å². The van der Waals surface area contributed by atoms with E-state index < -0.39 is 107 Å². The van der Waals surface area contributed by atoms with Crippen LogP contribution in [0.4, 0.5) is 10.1 Å². The molecule has 0 saturated carbocycles. The number of carbonyl (C=O) groups excluding carboxylic acids is 3. The maximum Gasteiger partial charge on any atom is 0.481 e. The molecule has 17 nitrogen and oxygen atoms in total. The van der Waals surface area contributed by atoms with Crippen molar-refractivity contribution in [2.75, 3.05) is 18.9 Å². The molecule has 45 heavy (non-hydrogen) atoms. The molecule has 22 heteroatoms. The van der Waals surface area contributed by atoms with Gasteiger partial charge in [0.05, 0.1) is 18.4 Å². The van der Waals surface area contributed by atoms with Crippen molar-refractivity contribution >= 4 is 61.2 Å². The molecule has 12 atom stereocenters. The van der Waals surface area contributed by atoms with Gasteiger partial charge in [-0.1, -0.05) is 13.8 Å². The molecule has 2 aliphatic heterocycles. The predicted octanol–water partition coefficient (Wildman–Crippen LogP) is 0.788. The number of rotatable bonds is 13. The van der Waals surface area contributed by atoms with Crippen LogP contribution in [-0.4, -0.2) is 94.0 Å². The zero-order chi connectivity index (χ0) is 34.0. The van der Waals surface area contributed by atoms with E-state index in [4.69, 9.17) is 50.8 Å². The zero-order valence-corrected chi connectivity index (χ0v) is 27.7. The molecule has 1 aromatic rings. The fraction of sp³-hybridized carbons (Fsp3) is 0.696. The molecule has 0 aliphatic carbocycles. The summed E-state index contributed by atoms with van der Waals surface area (Å²) < 4.78 is 63.7. The quantitative estimate of drug-likeness (QED) is 0.121. The van der Waals surface area contributed by atoms with Crippen molar-refractivity contribution in [3.05, 3.63) is 15.8 Å². The Balaban J connectivity index is 1.69. The van der Waals surface area contributed by atoms with E-state index in [2.05, 4.69) is 4.74 Å². The highest BCUT2D eigenvalue weighted by atomic mass is 32.5. The van der Waals surface area contributed by atoms with Gasteiger partial charge < -0.3 is 54.9 Å². The lowest BCUT2D eigenvalue weighted by atomic mass is 9.82. The molecular formula is C23H35FN2O15P2S2. The van der Waals surface area contributed by atoms with Crippen LogP contribution < -0.4 is 11.5 Å². The maximum atomic E-state index is 15.0. The van der Waals surface area contributed by atoms with Gasteiger partial charge in [-0.05, 0) is 23.1 Å². The third-order valence-electron chi connectivity index (χ3n) is 7.13. The summed E-state index contributed by atoms with van der Waals surface area (Å²) in [6.45, 7) is -0.910. The summed E-state index contributed by atoms with van der Waals surface area (Å²) in [7, 11) is -5.42. The Kier molecular flexibility index (Phi) is 12.7. The number of thiophene rings is 1. The standard InChI is InChI=1S/C23H35FN2O15P2S2/c1-8-9(2)19(37-11(4)28)23(39-18(8)13(24)5-35-10(3)27)40-42(32,33)41-43(34,44)36-6-14-16(29)17(30)20(38-14)12-7-45-21(15(12)25)22(26)31/h7-9,13-14,16-20,23,29-30H,5-6,25H2,1-4H3,(H2,26,31)(H,32,33)(H,34,44)/t8-,9-,13-,14+,16?,17-,18?,19?,20-,23-,43?/m0/s1. The minimum atomic E-state index is -5.42. The highest BCUT2D eigenvalue weighted by Crippen LogP contribution is 2.62. The van der Waals surface area contributed by atoms with Gasteiger partial charge in [0.2, 0.25) is 6.29 Å².